The molecular weight excluding hydrogens is 230 g/mol. The van der Waals surface area contributed by atoms with Crippen molar-refractivity contribution in [3.05, 3.63) is 23.9 Å². The first-order chi connectivity index (χ1) is 7.96. The third kappa shape index (κ3) is 3.16. The lowest BCUT2D eigenvalue weighted by atomic mass is 9.92. The molecule has 1 heterocycles. The van der Waals surface area contributed by atoms with Crippen molar-refractivity contribution in [3.8, 4) is 0 Å². The maximum atomic E-state index is 5.61. The van der Waals surface area contributed by atoms with E-state index < -0.39 is 0 Å². The summed E-state index contributed by atoms with van der Waals surface area (Å²) in [5.74, 6) is 0.873. The van der Waals surface area contributed by atoms with Crippen molar-refractivity contribution in [2.45, 2.75) is 39.2 Å². The van der Waals surface area contributed by atoms with Gasteiger partial charge in [0.05, 0.1) is 0 Å². The summed E-state index contributed by atoms with van der Waals surface area (Å²) in [6, 6.07) is 4.28. The Labute approximate surface area is 108 Å². The molecule has 92 valence electrons. The van der Waals surface area contributed by atoms with Gasteiger partial charge in [-0.2, -0.15) is 0 Å². The van der Waals surface area contributed by atoms with Crippen molar-refractivity contribution in [1.82, 2.24) is 4.98 Å². The summed E-state index contributed by atoms with van der Waals surface area (Å²) in [5, 5.41) is 3.47. The van der Waals surface area contributed by atoms with Gasteiger partial charge in [0.1, 0.15) is 10.8 Å². The molecule has 2 rings (SSSR count). The molecule has 17 heavy (non-hydrogen) atoms. The summed E-state index contributed by atoms with van der Waals surface area (Å²) in [6.07, 6.45) is 5.40. The van der Waals surface area contributed by atoms with Crippen molar-refractivity contribution in [2.24, 2.45) is 11.1 Å². The number of anilines is 1. The van der Waals surface area contributed by atoms with Crippen LogP contribution in [-0.2, 0) is 0 Å². The molecule has 1 aliphatic carbocycles. The highest BCUT2D eigenvalue weighted by molar-refractivity contribution is 7.80. The highest BCUT2D eigenvalue weighted by Gasteiger charge is 2.30. The van der Waals surface area contributed by atoms with E-state index in [1.165, 1.54) is 19.3 Å². The molecule has 3 nitrogen and oxygen atoms in total. The van der Waals surface area contributed by atoms with E-state index in [2.05, 4.69) is 24.1 Å². The van der Waals surface area contributed by atoms with Gasteiger partial charge in [-0.25, -0.2) is 4.98 Å². The first-order valence-corrected chi connectivity index (χ1v) is 6.39. The number of hydrogen-bond acceptors (Lipinski definition) is 3. The van der Waals surface area contributed by atoms with E-state index in [1.54, 1.807) is 6.20 Å². The predicted octanol–water partition coefficient (Wildman–Crippen LogP) is 2.71. The van der Waals surface area contributed by atoms with Crippen LogP contribution in [0.3, 0.4) is 0 Å². The van der Waals surface area contributed by atoms with Gasteiger partial charge in [-0.1, -0.05) is 26.1 Å². The van der Waals surface area contributed by atoms with E-state index >= 15 is 0 Å². The van der Waals surface area contributed by atoms with Crippen molar-refractivity contribution < 1.29 is 0 Å². The largest absolute Gasteiger partial charge is 0.389 e. The molecule has 1 atom stereocenters. The summed E-state index contributed by atoms with van der Waals surface area (Å²) in [5.41, 5.74) is 6.92. The van der Waals surface area contributed by atoms with Crippen LogP contribution in [0.5, 0.6) is 0 Å². The molecule has 0 spiro atoms. The van der Waals surface area contributed by atoms with Crippen LogP contribution in [0.1, 0.15) is 38.7 Å². The second-order valence-corrected chi connectivity index (χ2v) is 5.98. The Hall–Kier alpha value is -1.16. The number of aromatic nitrogens is 1. The van der Waals surface area contributed by atoms with Gasteiger partial charge in [0, 0.05) is 17.8 Å². The van der Waals surface area contributed by atoms with E-state index in [-0.39, 0.29) is 0 Å². The second-order valence-electron chi connectivity index (χ2n) is 5.54. The molecule has 0 saturated heterocycles. The Bertz CT molecular complexity index is 428. The number of hydrogen-bond donors (Lipinski definition) is 2. The normalized spacial score (nSPS) is 22.4. The maximum Gasteiger partial charge on any atom is 0.126 e. The monoisotopic (exact) mass is 249 g/mol. The first kappa shape index (κ1) is 12.3. The molecule has 0 aliphatic heterocycles. The predicted molar refractivity (Wildman–Crippen MR) is 75.2 cm³/mol. The quantitative estimate of drug-likeness (QED) is 0.809. The van der Waals surface area contributed by atoms with Crippen molar-refractivity contribution >= 4 is 23.0 Å². The molecule has 1 fully saturated rings. The summed E-state index contributed by atoms with van der Waals surface area (Å²) >= 11 is 4.96. The highest BCUT2D eigenvalue weighted by atomic mass is 32.1. The van der Waals surface area contributed by atoms with Crippen LogP contribution in [0.4, 0.5) is 5.82 Å². The van der Waals surface area contributed by atoms with Gasteiger partial charge in [-0.15, -0.1) is 0 Å². The average Bonchev–Trinajstić information content (AvgIpc) is 2.58. The van der Waals surface area contributed by atoms with E-state index in [0.29, 0.717) is 16.4 Å². The van der Waals surface area contributed by atoms with Crippen LogP contribution in [0, 0.1) is 5.41 Å². The van der Waals surface area contributed by atoms with Crippen molar-refractivity contribution in [2.75, 3.05) is 5.32 Å². The molecular formula is C13H19N3S. The molecule has 0 radical (unpaired) electrons. The fraction of sp³-hybridized carbons (Fsp3) is 0.538. The Morgan fingerprint density at radius 3 is 2.94 bits per heavy atom. The van der Waals surface area contributed by atoms with Gasteiger partial charge in [-0.3, -0.25) is 0 Å². The standard InChI is InChI=1S/C13H19N3S/c1-13(2)5-3-10(8-13)16-11-7-9(12(14)17)4-6-15-11/h4,6-7,10H,3,5,8H2,1-2H3,(H2,14,17)(H,15,16). The minimum absolute atomic E-state index is 0.419. The van der Waals surface area contributed by atoms with Gasteiger partial charge in [0.25, 0.3) is 0 Å². The number of nitrogens with zero attached hydrogens (tertiary/aromatic N) is 1. The lowest BCUT2D eigenvalue weighted by molar-refractivity contribution is 0.378. The zero-order valence-corrected chi connectivity index (χ0v) is 11.2. The molecule has 1 aliphatic rings. The van der Waals surface area contributed by atoms with E-state index in [1.807, 2.05) is 12.1 Å². The van der Waals surface area contributed by atoms with Gasteiger partial charge in [0.15, 0.2) is 0 Å². The van der Waals surface area contributed by atoms with E-state index in [9.17, 15) is 0 Å². The Morgan fingerprint density at radius 1 is 1.59 bits per heavy atom. The summed E-state index contributed by atoms with van der Waals surface area (Å²) in [7, 11) is 0. The van der Waals surface area contributed by atoms with Crippen LogP contribution in [0.2, 0.25) is 0 Å². The molecule has 4 heteroatoms. The molecule has 1 aromatic heterocycles. The number of nitrogens with one attached hydrogen (secondary N) is 1. The summed E-state index contributed by atoms with van der Waals surface area (Å²) < 4.78 is 0. The summed E-state index contributed by atoms with van der Waals surface area (Å²) in [4.78, 5) is 4.73. The Morgan fingerprint density at radius 2 is 2.35 bits per heavy atom. The zero-order chi connectivity index (χ0) is 12.5. The van der Waals surface area contributed by atoms with Crippen molar-refractivity contribution in [3.63, 3.8) is 0 Å². The zero-order valence-electron chi connectivity index (χ0n) is 10.4. The van der Waals surface area contributed by atoms with Crippen molar-refractivity contribution in [1.29, 1.82) is 0 Å². The lowest BCUT2D eigenvalue weighted by Gasteiger charge is -2.18. The van der Waals surface area contributed by atoms with Gasteiger partial charge >= 0.3 is 0 Å². The smallest absolute Gasteiger partial charge is 0.126 e. The van der Waals surface area contributed by atoms with E-state index in [4.69, 9.17) is 18.0 Å². The fourth-order valence-corrected chi connectivity index (χ4v) is 2.56. The number of nitrogens with two attached hydrogens (primary N) is 1. The number of rotatable bonds is 3. The molecule has 0 amide bonds. The molecule has 1 saturated carbocycles. The maximum absolute atomic E-state index is 5.61. The van der Waals surface area contributed by atoms with Crippen LogP contribution in [-0.4, -0.2) is 16.0 Å². The minimum atomic E-state index is 0.419. The first-order valence-electron chi connectivity index (χ1n) is 5.99. The van der Waals surface area contributed by atoms with Crippen LogP contribution in [0.25, 0.3) is 0 Å². The van der Waals surface area contributed by atoms with Gasteiger partial charge in [-0.05, 0) is 36.8 Å². The van der Waals surface area contributed by atoms with E-state index in [0.717, 1.165) is 11.4 Å². The number of pyridine rings is 1. The Balaban J connectivity index is 2.04. The average molecular weight is 249 g/mol. The molecule has 1 aromatic rings. The minimum Gasteiger partial charge on any atom is -0.389 e. The Kier molecular flexibility index (Phi) is 3.33. The van der Waals surface area contributed by atoms with Crippen LogP contribution >= 0.6 is 12.2 Å². The fourth-order valence-electron chi connectivity index (χ4n) is 2.43. The molecule has 1 unspecified atom stereocenters. The SMILES string of the molecule is CC1(C)CCC(Nc2cc(C(N)=S)ccn2)C1. The third-order valence-electron chi connectivity index (χ3n) is 3.37. The molecule has 0 bridgehead atoms. The molecule has 3 N–H and O–H groups in total. The second kappa shape index (κ2) is 4.61. The number of thiocarbonyl (C=S) groups is 1. The van der Waals surface area contributed by atoms with Gasteiger partial charge < -0.3 is 11.1 Å². The molecule has 0 aromatic carbocycles. The summed E-state index contributed by atoms with van der Waals surface area (Å²) in [6.45, 7) is 4.63. The third-order valence-corrected chi connectivity index (χ3v) is 3.60. The lowest BCUT2D eigenvalue weighted by Crippen LogP contribution is -2.19. The van der Waals surface area contributed by atoms with Crippen LogP contribution in [0.15, 0.2) is 18.3 Å². The topological polar surface area (TPSA) is 50.9 Å². The highest BCUT2D eigenvalue weighted by Crippen LogP contribution is 2.38. The van der Waals surface area contributed by atoms with Gasteiger partial charge in [0.2, 0.25) is 0 Å². The van der Waals surface area contributed by atoms with Crippen LogP contribution < -0.4 is 11.1 Å².